The van der Waals surface area contributed by atoms with Gasteiger partial charge < -0.3 is 10.6 Å². The third-order valence-electron chi connectivity index (χ3n) is 3.33. The van der Waals surface area contributed by atoms with Gasteiger partial charge in [0.2, 0.25) is 0 Å². The van der Waals surface area contributed by atoms with E-state index in [0.29, 0.717) is 26.4 Å². The van der Waals surface area contributed by atoms with Gasteiger partial charge in [0.25, 0.3) is 5.91 Å². The van der Waals surface area contributed by atoms with Gasteiger partial charge in [0.15, 0.2) is 0 Å². The molecule has 0 bridgehead atoms. The van der Waals surface area contributed by atoms with Crippen LogP contribution in [0.25, 0.3) is 0 Å². The van der Waals surface area contributed by atoms with Crippen molar-refractivity contribution in [2.45, 2.75) is 13.8 Å². The second-order valence-electron chi connectivity index (χ2n) is 5.33. The lowest BCUT2D eigenvalue weighted by Crippen LogP contribution is -2.15. The minimum absolute atomic E-state index is 0.132. The summed E-state index contributed by atoms with van der Waals surface area (Å²) in [5.41, 5.74) is 2.74. The predicted octanol–water partition coefficient (Wildman–Crippen LogP) is 5.72. The number of nitriles is 1. The Kier molecular flexibility index (Phi) is 6.33. The van der Waals surface area contributed by atoms with Crippen LogP contribution in [0.3, 0.4) is 0 Å². The first-order chi connectivity index (χ1) is 11.8. The summed E-state index contributed by atoms with van der Waals surface area (Å²) in [6.45, 7) is 3.81. The summed E-state index contributed by atoms with van der Waals surface area (Å²) in [6.07, 6.45) is 1.30. The number of carbonyl (C=O) groups is 1. The molecule has 0 aliphatic heterocycles. The SMILES string of the molecule is Cc1cc(C)c(N/C=C(/C#N)C(=O)Nc2cc(Cl)ccc2Cl)c(Cl)c1. The number of hydrogen-bond acceptors (Lipinski definition) is 3. The number of hydrogen-bond donors (Lipinski definition) is 2. The average molecular weight is 395 g/mol. The number of rotatable bonds is 4. The summed E-state index contributed by atoms with van der Waals surface area (Å²) in [4.78, 5) is 12.3. The van der Waals surface area contributed by atoms with Crippen LogP contribution in [0, 0.1) is 25.2 Å². The van der Waals surface area contributed by atoms with Crippen LogP contribution >= 0.6 is 34.8 Å². The maximum Gasteiger partial charge on any atom is 0.267 e. The van der Waals surface area contributed by atoms with E-state index in [1.165, 1.54) is 12.3 Å². The van der Waals surface area contributed by atoms with Crippen molar-refractivity contribution < 1.29 is 4.79 Å². The molecule has 0 aromatic heterocycles. The third-order valence-corrected chi connectivity index (χ3v) is 4.20. The molecule has 0 aliphatic carbocycles. The molecule has 0 radical (unpaired) electrons. The first-order valence-electron chi connectivity index (χ1n) is 7.21. The molecule has 2 aromatic carbocycles. The number of benzene rings is 2. The van der Waals surface area contributed by atoms with E-state index < -0.39 is 5.91 Å². The summed E-state index contributed by atoms with van der Waals surface area (Å²) >= 11 is 18.1. The molecule has 2 aromatic rings. The monoisotopic (exact) mass is 393 g/mol. The standard InChI is InChI=1S/C18H14Cl3N3O/c1-10-5-11(2)17(15(21)6-10)23-9-12(8-22)18(25)24-16-7-13(19)3-4-14(16)20/h3-7,9,23H,1-2H3,(H,24,25)/b12-9-. The lowest BCUT2D eigenvalue weighted by molar-refractivity contribution is -0.112. The molecule has 0 fully saturated rings. The van der Waals surface area contributed by atoms with E-state index in [4.69, 9.17) is 34.8 Å². The maximum atomic E-state index is 12.3. The number of aryl methyl sites for hydroxylation is 2. The normalized spacial score (nSPS) is 11.0. The van der Waals surface area contributed by atoms with Gasteiger partial charge >= 0.3 is 0 Å². The van der Waals surface area contributed by atoms with Gasteiger partial charge in [0.1, 0.15) is 11.6 Å². The highest BCUT2D eigenvalue weighted by Gasteiger charge is 2.12. The Morgan fingerprint density at radius 2 is 1.84 bits per heavy atom. The van der Waals surface area contributed by atoms with Crippen LogP contribution in [-0.2, 0) is 4.79 Å². The molecular weight excluding hydrogens is 381 g/mol. The second-order valence-corrected chi connectivity index (χ2v) is 6.58. The largest absolute Gasteiger partial charge is 0.359 e. The van der Waals surface area contributed by atoms with E-state index in [9.17, 15) is 10.1 Å². The van der Waals surface area contributed by atoms with Crippen molar-refractivity contribution in [1.82, 2.24) is 0 Å². The molecule has 128 valence electrons. The molecule has 2 N–H and O–H groups in total. The highest BCUT2D eigenvalue weighted by atomic mass is 35.5. The van der Waals surface area contributed by atoms with E-state index in [0.717, 1.165) is 11.1 Å². The average Bonchev–Trinajstić information content (AvgIpc) is 2.53. The van der Waals surface area contributed by atoms with Crippen molar-refractivity contribution in [3.8, 4) is 6.07 Å². The summed E-state index contributed by atoms with van der Waals surface area (Å²) in [5, 5.41) is 16.0. The molecule has 25 heavy (non-hydrogen) atoms. The van der Waals surface area contributed by atoms with Crippen molar-refractivity contribution in [3.05, 3.63) is 68.3 Å². The van der Waals surface area contributed by atoms with Crippen LogP contribution < -0.4 is 10.6 Å². The third kappa shape index (κ3) is 4.90. The minimum atomic E-state index is -0.611. The molecule has 0 heterocycles. The van der Waals surface area contributed by atoms with E-state index in [-0.39, 0.29) is 5.57 Å². The summed E-state index contributed by atoms with van der Waals surface area (Å²) in [7, 11) is 0. The quantitative estimate of drug-likeness (QED) is 0.514. The van der Waals surface area contributed by atoms with Crippen LogP contribution in [0.15, 0.2) is 42.1 Å². The van der Waals surface area contributed by atoms with Gasteiger partial charge in [0.05, 0.1) is 21.4 Å². The molecule has 0 spiro atoms. The van der Waals surface area contributed by atoms with Crippen molar-refractivity contribution in [3.63, 3.8) is 0 Å². The topological polar surface area (TPSA) is 64.9 Å². The Bertz CT molecular complexity index is 878. The molecule has 0 aliphatic rings. The van der Waals surface area contributed by atoms with Crippen LogP contribution in [0.1, 0.15) is 11.1 Å². The number of anilines is 2. The Morgan fingerprint density at radius 3 is 2.48 bits per heavy atom. The van der Waals surface area contributed by atoms with Gasteiger partial charge in [-0.15, -0.1) is 0 Å². The van der Waals surface area contributed by atoms with E-state index in [2.05, 4.69) is 10.6 Å². The number of amides is 1. The zero-order valence-electron chi connectivity index (χ0n) is 13.5. The van der Waals surface area contributed by atoms with Gasteiger partial charge in [-0.1, -0.05) is 40.9 Å². The van der Waals surface area contributed by atoms with Gasteiger partial charge in [-0.3, -0.25) is 4.79 Å². The molecule has 0 atom stereocenters. The van der Waals surface area contributed by atoms with E-state index >= 15 is 0 Å². The zero-order valence-corrected chi connectivity index (χ0v) is 15.7. The molecule has 0 saturated heterocycles. The fraction of sp³-hybridized carbons (Fsp3) is 0.111. The van der Waals surface area contributed by atoms with Crippen molar-refractivity contribution >= 4 is 52.1 Å². The second kappa shape index (κ2) is 8.26. The number of nitrogens with one attached hydrogen (secondary N) is 2. The van der Waals surface area contributed by atoms with Crippen molar-refractivity contribution in [1.29, 1.82) is 5.26 Å². The summed E-state index contributed by atoms with van der Waals surface area (Å²) in [5.74, 6) is -0.611. The molecule has 0 unspecified atom stereocenters. The van der Waals surface area contributed by atoms with Gasteiger partial charge in [-0.05, 0) is 49.2 Å². The lowest BCUT2D eigenvalue weighted by Gasteiger charge is -2.10. The molecule has 4 nitrogen and oxygen atoms in total. The van der Waals surface area contributed by atoms with Crippen LogP contribution in [-0.4, -0.2) is 5.91 Å². The molecular formula is C18H14Cl3N3O. The maximum absolute atomic E-state index is 12.3. The molecule has 0 saturated carbocycles. The summed E-state index contributed by atoms with van der Waals surface area (Å²) < 4.78 is 0. The van der Waals surface area contributed by atoms with Crippen molar-refractivity contribution in [2.75, 3.05) is 10.6 Å². The minimum Gasteiger partial charge on any atom is -0.359 e. The van der Waals surface area contributed by atoms with Crippen molar-refractivity contribution in [2.24, 2.45) is 0 Å². The van der Waals surface area contributed by atoms with Crippen LogP contribution in [0.5, 0.6) is 0 Å². The molecule has 1 amide bonds. The number of nitrogens with zero attached hydrogens (tertiary/aromatic N) is 1. The highest BCUT2D eigenvalue weighted by Crippen LogP contribution is 2.28. The van der Waals surface area contributed by atoms with Gasteiger partial charge in [0, 0.05) is 11.2 Å². The Balaban J connectivity index is 2.22. The van der Waals surface area contributed by atoms with Crippen LogP contribution in [0.2, 0.25) is 15.1 Å². The van der Waals surface area contributed by atoms with Gasteiger partial charge in [-0.2, -0.15) is 5.26 Å². The fourth-order valence-corrected chi connectivity index (χ4v) is 2.89. The first-order valence-corrected chi connectivity index (χ1v) is 8.35. The zero-order chi connectivity index (χ0) is 18.6. The highest BCUT2D eigenvalue weighted by molar-refractivity contribution is 6.36. The Hall–Kier alpha value is -2.19. The molecule has 7 heteroatoms. The smallest absolute Gasteiger partial charge is 0.267 e. The van der Waals surface area contributed by atoms with E-state index in [1.807, 2.05) is 26.0 Å². The number of carbonyl (C=O) groups excluding carboxylic acids is 1. The Labute approximate surface area is 161 Å². The lowest BCUT2D eigenvalue weighted by atomic mass is 10.1. The van der Waals surface area contributed by atoms with Gasteiger partial charge in [-0.25, -0.2) is 0 Å². The van der Waals surface area contributed by atoms with E-state index in [1.54, 1.807) is 18.2 Å². The van der Waals surface area contributed by atoms with Crippen LogP contribution in [0.4, 0.5) is 11.4 Å². The summed E-state index contributed by atoms with van der Waals surface area (Å²) in [6, 6.07) is 10.2. The predicted molar refractivity (Wildman–Crippen MR) is 103 cm³/mol. The first kappa shape index (κ1) is 19.1. The molecule has 2 rings (SSSR count). The number of halogens is 3. The Morgan fingerprint density at radius 1 is 1.12 bits per heavy atom. The fourth-order valence-electron chi connectivity index (χ4n) is 2.17.